The molecule has 0 bridgehead atoms. The monoisotopic (exact) mass is 548 g/mol. The van der Waals surface area contributed by atoms with E-state index in [-0.39, 0.29) is 10.5 Å². The lowest BCUT2D eigenvalue weighted by atomic mass is 10.1. The van der Waals surface area contributed by atoms with Gasteiger partial charge in [0.15, 0.2) is 9.84 Å². The lowest BCUT2D eigenvalue weighted by Gasteiger charge is -2.14. The molecule has 0 fully saturated rings. The SMILES string of the molecule is C=C/C(=C\C=C/C)n1c(CC)cc2cccc(Cl)c2c1=O.CS(=O)(=O)c1cccc(-c2cncnc2N)c1. The van der Waals surface area contributed by atoms with Crippen molar-refractivity contribution in [2.45, 2.75) is 25.2 Å². The molecule has 7 nitrogen and oxygen atoms in total. The van der Waals surface area contributed by atoms with Gasteiger partial charge in [-0.25, -0.2) is 18.4 Å². The van der Waals surface area contributed by atoms with E-state index in [1.807, 2.05) is 50.3 Å². The number of halogens is 1. The molecule has 38 heavy (non-hydrogen) atoms. The summed E-state index contributed by atoms with van der Waals surface area (Å²) >= 11 is 6.21. The topological polar surface area (TPSA) is 108 Å². The first-order valence-electron chi connectivity index (χ1n) is 11.8. The van der Waals surface area contributed by atoms with Gasteiger partial charge in [0.05, 0.1) is 15.3 Å². The second-order valence-corrected chi connectivity index (χ2v) is 10.7. The summed E-state index contributed by atoms with van der Waals surface area (Å²) in [5.74, 6) is 0.325. The summed E-state index contributed by atoms with van der Waals surface area (Å²) in [4.78, 5) is 20.8. The van der Waals surface area contributed by atoms with Crippen LogP contribution in [0, 0.1) is 0 Å². The predicted octanol–water partition coefficient (Wildman–Crippen LogP) is 5.95. The van der Waals surface area contributed by atoms with Gasteiger partial charge < -0.3 is 5.73 Å². The lowest BCUT2D eigenvalue weighted by Crippen LogP contribution is -2.22. The van der Waals surface area contributed by atoms with Crippen molar-refractivity contribution in [2.75, 3.05) is 12.0 Å². The van der Waals surface area contributed by atoms with Crippen LogP contribution in [0.5, 0.6) is 0 Å². The van der Waals surface area contributed by atoms with Gasteiger partial charge in [0.2, 0.25) is 0 Å². The van der Waals surface area contributed by atoms with Crippen LogP contribution < -0.4 is 11.3 Å². The molecule has 4 aromatic rings. The van der Waals surface area contributed by atoms with Gasteiger partial charge in [0.1, 0.15) is 12.1 Å². The van der Waals surface area contributed by atoms with Gasteiger partial charge in [-0.2, -0.15) is 0 Å². The van der Waals surface area contributed by atoms with Crippen LogP contribution in [0.4, 0.5) is 5.82 Å². The van der Waals surface area contributed by atoms with E-state index in [1.165, 1.54) is 6.33 Å². The van der Waals surface area contributed by atoms with Gasteiger partial charge in [0.25, 0.3) is 5.56 Å². The first-order chi connectivity index (χ1) is 18.1. The van der Waals surface area contributed by atoms with Crippen molar-refractivity contribution in [2.24, 2.45) is 0 Å². The highest BCUT2D eigenvalue weighted by Crippen LogP contribution is 2.25. The van der Waals surface area contributed by atoms with Crippen molar-refractivity contribution in [3.8, 4) is 11.1 Å². The summed E-state index contributed by atoms with van der Waals surface area (Å²) in [7, 11) is -3.23. The molecule has 0 amide bonds. The summed E-state index contributed by atoms with van der Waals surface area (Å²) in [6.07, 6.45) is 12.2. The van der Waals surface area contributed by atoms with Crippen LogP contribution in [0.2, 0.25) is 5.02 Å². The van der Waals surface area contributed by atoms with Crippen LogP contribution in [-0.2, 0) is 16.3 Å². The largest absolute Gasteiger partial charge is 0.383 e. The van der Waals surface area contributed by atoms with E-state index < -0.39 is 9.84 Å². The smallest absolute Gasteiger partial charge is 0.264 e. The fourth-order valence-electron chi connectivity index (χ4n) is 3.80. The highest BCUT2D eigenvalue weighted by atomic mass is 35.5. The third-order valence-electron chi connectivity index (χ3n) is 5.68. The number of pyridine rings is 1. The minimum absolute atomic E-state index is 0.106. The number of sulfone groups is 1. The van der Waals surface area contributed by atoms with Crippen LogP contribution in [0.1, 0.15) is 19.5 Å². The molecule has 196 valence electrons. The first-order valence-corrected chi connectivity index (χ1v) is 14.0. The number of aromatic nitrogens is 3. The van der Waals surface area contributed by atoms with Gasteiger partial charge in [-0.05, 0) is 60.7 Å². The molecular formula is C29H29ClN4O3S. The average Bonchev–Trinajstić information content (AvgIpc) is 2.90. The third-order valence-corrected chi connectivity index (χ3v) is 7.10. The second kappa shape index (κ2) is 12.5. The normalized spacial score (nSPS) is 11.8. The minimum Gasteiger partial charge on any atom is -0.383 e. The first kappa shape index (κ1) is 28.6. The molecule has 0 atom stereocenters. The summed E-state index contributed by atoms with van der Waals surface area (Å²) in [6, 6.07) is 14.1. The molecule has 0 radical (unpaired) electrons. The number of nitrogen functional groups attached to an aromatic ring is 1. The zero-order chi connectivity index (χ0) is 27.9. The summed E-state index contributed by atoms with van der Waals surface area (Å²) < 4.78 is 24.6. The molecule has 2 aromatic heterocycles. The second-order valence-electron chi connectivity index (χ2n) is 8.28. The molecule has 0 aliphatic carbocycles. The Morgan fingerprint density at radius 3 is 2.55 bits per heavy atom. The van der Waals surface area contributed by atoms with Crippen LogP contribution in [0.3, 0.4) is 0 Å². The number of benzene rings is 2. The number of rotatable bonds is 6. The van der Waals surface area contributed by atoms with E-state index in [4.69, 9.17) is 17.3 Å². The molecule has 9 heteroatoms. The van der Waals surface area contributed by atoms with Crippen molar-refractivity contribution in [3.63, 3.8) is 0 Å². The molecule has 2 N–H and O–H groups in total. The van der Waals surface area contributed by atoms with E-state index in [1.54, 1.807) is 47.2 Å². The molecule has 4 rings (SSSR count). The van der Waals surface area contributed by atoms with Gasteiger partial charge in [-0.3, -0.25) is 9.36 Å². The maximum atomic E-state index is 12.9. The Bertz CT molecular complexity index is 1710. The van der Waals surface area contributed by atoms with Crippen LogP contribution >= 0.6 is 11.6 Å². The molecule has 0 saturated heterocycles. The fourth-order valence-corrected chi connectivity index (χ4v) is 4.73. The third kappa shape index (κ3) is 6.45. The van der Waals surface area contributed by atoms with Crippen molar-refractivity contribution in [1.29, 1.82) is 0 Å². The van der Waals surface area contributed by atoms with E-state index >= 15 is 0 Å². The summed E-state index contributed by atoms with van der Waals surface area (Å²) in [6.45, 7) is 7.77. The number of fused-ring (bicyclic) bond motifs is 1. The van der Waals surface area contributed by atoms with E-state index in [2.05, 4.69) is 16.5 Å². The number of hydrogen-bond acceptors (Lipinski definition) is 6. The quantitative estimate of drug-likeness (QED) is 0.298. The van der Waals surface area contributed by atoms with E-state index in [0.717, 1.165) is 29.5 Å². The average molecular weight is 549 g/mol. The zero-order valence-electron chi connectivity index (χ0n) is 21.4. The zero-order valence-corrected chi connectivity index (χ0v) is 23.0. The van der Waals surface area contributed by atoms with Crippen molar-refractivity contribution >= 4 is 43.7 Å². The molecule has 2 aromatic carbocycles. The van der Waals surface area contributed by atoms with Gasteiger partial charge in [-0.15, -0.1) is 0 Å². The molecular weight excluding hydrogens is 520 g/mol. The van der Waals surface area contributed by atoms with Crippen LogP contribution in [-0.4, -0.2) is 29.2 Å². The number of nitrogens with two attached hydrogens (primary N) is 1. The van der Waals surface area contributed by atoms with E-state index in [0.29, 0.717) is 27.4 Å². The van der Waals surface area contributed by atoms with Gasteiger partial charge in [0, 0.05) is 29.4 Å². The number of anilines is 1. The summed E-state index contributed by atoms with van der Waals surface area (Å²) in [5, 5.41) is 1.89. The molecule has 0 spiro atoms. The van der Waals surface area contributed by atoms with Crippen molar-refractivity contribution < 1.29 is 8.42 Å². The van der Waals surface area contributed by atoms with E-state index in [9.17, 15) is 13.2 Å². The van der Waals surface area contributed by atoms with Gasteiger partial charge >= 0.3 is 0 Å². The fraction of sp³-hybridized carbons (Fsp3) is 0.138. The standard InChI is InChI=1S/C18H18ClNO.C11H11N3O2S/c1-4-7-10-14(5-2)20-15(6-3)12-13-9-8-11-16(19)17(13)18(20)21;1-17(15,16)9-4-2-3-8(5-9)10-6-13-7-14-11(10)12/h4-5,7-12H,2,6H2,1,3H3;2-7H,1H3,(H2,12,13,14)/b7-4-,14-10+;. The lowest BCUT2D eigenvalue weighted by molar-refractivity contribution is 0.602. The Balaban J connectivity index is 0.000000215. The molecule has 0 aliphatic heterocycles. The molecule has 0 aliphatic rings. The Kier molecular flexibility index (Phi) is 9.39. The van der Waals surface area contributed by atoms with Crippen LogP contribution in [0.15, 0.2) is 102 Å². The number of hydrogen-bond donors (Lipinski definition) is 1. The molecule has 2 heterocycles. The maximum absolute atomic E-state index is 12.9. The van der Waals surface area contributed by atoms with Crippen molar-refractivity contribution in [1.82, 2.24) is 14.5 Å². The van der Waals surface area contributed by atoms with Crippen LogP contribution in [0.25, 0.3) is 27.6 Å². The Morgan fingerprint density at radius 2 is 1.92 bits per heavy atom. The number of allylic oxidation sites excluding steroid dienone is 5. The molecule has 0 unspecified atom stereocenters. The maximum Gasteiger partial charge on any atom is 0.264 e. The Morgan fingerprint density at radius 1 is 1.18 bits per heavy atom. The molecule has 0 saturated carbocycles. The predicted molar refractivity (Wildman–Crippen MR) is 157 cm³/mol. The Hall–Kier alpha value is -4.01. The highest BCUT2D eigenvalue weighted by molar-refractivity contribution is 7.90. The summed E-state index contributed by atoms with van der Waals surface area (Å²) in [5.41, 5.74) is 8.60. The number of nitrogens with zero attached hydrogens (tertiary/aromatic N) is 3. The van der Waals surface area contributed by atoms with Crippen molar-refractivity contribution in [3.05, 3.63) is 113 Å². The minimum atomic E-state index is -3.23. The Labute approximate surface area is 227 Å². The van der Waals surface area contributed by atoms with Gasteiger partial charge in [-0.1, -0.05) is 61.5 Å². The number of aryl methyl sites for hydroxylation is 1. The highest BCUT2D eigenvalue weighted by Gasteiger charge is 2.12.